The Morgan fingerprint density at radius 3 is 2.42 bits per heavy atom. The van der Waals surface area contributed by atoms with E-state index < -0.39 is 22.4 Å². The molecular formula is C17H11F2N3OS. The molecule has 0 amide bonds. The van der Waals surface area contributed by atoms with E-state index in [1.54, 1.807) is 30.5 Å². The van der Waals surface area contributed by atoms with Crippen LogP contribution in [0.3, 0.4) is 0 Å². The largest absolute Gasteiger partial charge is 0.255 e. The second-order valence-electron chi connectivity index (χ2n) is 5.01. The van der Waals surface area contributed by atoms with Gasteiger partial charge in [-0.2, -0.15) is 10.4 Å². The molecule has 0 N–H and O–H groups in total. The van der Waals surface area contributed by atoms with Crippen LogP contribution in [0.15, 0.2) is 53.4 Å². The molecule has 0 aliphatic carbocycles. The molecular weight excluding hydrogens is 332 g/mol. The van der Waals surface area contributed by atoms with Crippen LogP contribution in [0, 0.1) is 23.0 Å². The van der Waals surface area contributed by atoms with Crippen molar-refractivity contribution in [3.8, 4) is 23.0 Å². The van der Waals surface area contributed by atoms with Gasteiger partial charge in [0.1, 0.15) is 17.6 Å². The van der Waals surface area contributed by atoms with E-state index in [0.29, 0.717) is 16.2 Å². The summed E-state index contributed by atoms with van der Waals surface area (Å²) in [5.41, 5.74) is 1.29. The molecule has 7 heteroatoms. The SMILES string of the molecule is CS(=O)c1ccc(-c2cc(C#N)nn2-c2ccc(F)cc2F)cc1. The molecule has 0 bridgehead atoms. The predicted molar refractivity (Wildman–Crippen MR) is 86.0 cm³/mol. The standard InChI is InChI=1S/C17H11F2N3OS/c1-24(23)14-5-2-11(3-6-14)17-9-13(10-20)21-22(17)16-7-4-12(18)8-15(16)19/h2-9H,1H3. The maximum absolute atomic E-state index is 14.1. The van der Waals surface area contributed by atoms with Gasteiger partial charge in [-0.05, 0) is 24.3 Å². The molecule has 3 aromatic rings. The summed E-state index contributed by atoms with van der Waals surface area (Å²) in [7, 11) is -1.11. The number of rotatable bonds is 3. The molecule has 120 valence electrons. The third-order valence-electron chi connectivity index (χ3n) is 3.44. The van der Waals surface area contributed by atoms with Crippen molar-refractivity contribution in [1.29, 1.82) is 5.26 Å². The quantitative estimate of drug-likeness (QED) is 0.732. The highest BCUT2D eigenvalue weighted by Crippen LogP contribution is 2.26. The lowest BCUT2D eigenvalue weighted by Crippen LogP contribution is -2.03. The zero-order chi connectivity index (χ0) is 17.3. The normalized spacial score (nSPS) is 11.9. The van der Waals surface area contributed by atoms with Crippen molar-refractivity contribution >= 4 is 10.8 Å². The second-order valence-corrected chi connectivity index (χ2v) is 6.39. The maximum Gasteiger partial charge on any atom is 0.163 e. The average molecular weight is 343 g/mol. The Labute approximate surface area is 139 Å². The van der Waals surface area contributed by atoms with Crippen molar-refractivity contribution in [3.05, 3.63) is 65.9 Å². The molecule has 1 atom stereocenters. The number of nitrogens with zero attached hydrogens (tertiary/aromatic N) is 3. The molecule has 4 nitrogen and oxygen atoms in total. The Bertz CT molecular complexity index is 974. The molecule has 1 aromatic heterocycles. The zero-order valence-electron chi connectivity index (χ0n) is 12.5. The highest BCUT2D eigenvalue weighted by molar-refractivity contribution is 7.84. The molecule has 0 aliphatic heterocycles. The van der Waals surface area contributed by atoms with E-state index in [4.69, 9.17) is 5.26 Å². The second kappa shape index (κ2) is 6.34. The minimum atomic E-state index is -1.11. The molecule has 24 heavy (non-hydrogen) atoms. The summed E-state index contributed by atoms with van der Waals surface area (Å²) >= 11 is 0. The van der Waals surface area contributed by atoms with E-state index in [1.165, 1.54) is 16.8 Å². The van der Waals surface area contributed by atoms with E-state index in [9.17, 15) is 13.0 Å². The monoisotopic (exact) mass is 343 g/mol. The molecule has 0 radical (unpaired) electrons. The summed E-state index contributed by atoms with van der Waals surface area (Å²) < 4.78 is 39.9. The minimum absolute atomic E-state index is 0.0380. The van der Waals surface area contributed by atoms with Crippen LogP contribution in [-0.2, 0) is 10.8 Å². The zero-order valence-corrected chi connectivity index (χ0v) is 13.3. The number of nitriles is 1. The van der Waals surface area contributed by atoms with Crippen molar-refractivity contribution in [1.82, 2.24) is 9.78 Å². The van der Waals surface area contributed by atoms with Crippen LogP contribution in [0.1, 0.15) is 5.69 Å². The minimum Gasteiger partial charge on any atom is -0.255 e. The van der Waals surface area contributed by atoms with E-state index in [1.807, 2.05) is 6.07 Å². The third-order valence-corrected chi connectivity index (χ3v) is 4.38. The number of halogens is 2. The number of hydrogen-bond acceptors (Lipinski definition) is 3. The van der Waals surface area contributed by atoms with Crippen LogP contribution in [0.4, 0.5) is 8.78 Å². The van der Waals surface area contributed by atoms with Crippen LogP contribution >= 0.6 is 0 Å². The Balaban J connectivity index is 2.16. The molecule has 1 heterocycles. The first-order valence-corrected chi connectivity index (χ1v) is 8.45. The van der Waals surface area contributed by atoms with Gasteiger partial charge >= 0.3 is 0 Å². The first-order chi connectivity index (χ1) is 11.5. The summed E-state index contributed by atoms with van der Waals surface area (Å²) in [6, 6.07) is 13.4. The van der Waals surface area contributed by atoms with Crippen LogP contribution < -0.4 is 0 Å². The summed E-state index contributed by atoms with van der Waals surface area (Å²) in [5, 5.41) is 13.1. The lowest BCUT2D eigenvalue weighted by molar-refractivity contribution is 0.574. The number of benzene rings is 2. The molecule has 2 aromatic carbocycles. The van der Waals surface area contributed by atoms with Gasteiger partial charge in [-0.25, -0.2) is 13.5 Å². The number of hydrogen-bond donors (Lipinski definition) is 0. The first-order valence-electron chi connectivity index (χ1n) is 6.89. The highest BCUT2D eigenvalue weighted by Gasteiger charge is 2.15. The molecule has 0 fully saturated rings. The van der Waals surface area contributed by atoms with Crippen molar-refractivity contribution in [2.24, 2.45) is 0 Å². The first kappa shape index (κ1) is 16.0. The van der Waals surface area contributed by atoms with Crippen molar-refractivity contribution in [2.75, 3.05) is 6.26 Å². The lowest BCUT2D eigenvalue weighted by atomic mass is 10.1. The van der Waals surface area contributed by atoms with Gasteiger partial charge in [-0.15, -0.1) is 0 Å². The lowest BCUT2D eigenvalue weighted by Gasteiger charge is -2.09. The van der Waals surface area contributed by atoms with Gasteiger partial charge in [0.25, 0.3) is 0 Å². The van der Waals surface area contributed by atoms with Crippen molar-refractivity contribution in [2.45, 2.75) is 4.90 Å². The summed E-state index contributed by atoms with van der Waals surface area (Å²) in [5.74, 6) is -1.48. The van der Waals surface area contributed by atoms with E-state index in [-0.39, 0.29) is 11.4 Å². The Kier molecular flexibility index (Phi) is 4.23. The summed E-state index contributed by atoms with van der Waals surface area (Å²) in [6.07, 6.45) is 1.57. The van der Waals surface area contributed by atoms with Crippen molar-refractivity contribution < 1.29 is 13.0 Å². The van der Waals surface area contributed by atoms with Gasteiger partial charge in [-0.3, -0.25) is 4.21 Å². The Morgan fingerprint density at radius 2 is 1.83 bits per heavy atom. The molecule has 0 spiro atoms. The summed E-state index contributed by atoms with van der Waals surface area (Å²) in [6.45, 7) is 0. The molecule has 0 saturated carbocycles. The van der Waals surface area contributed by atoms with Crippen molar-refractivity contribution in [3.63, 3.8) is 0 Å². The molecule has 0 aliphatic rings. The van der Waals surface area contributed by atoms with E-state index in [0.717, 1.165) is 12.1 Å². The summed E-state index contributed by atoms with van der Waals surface area (Å²) in [4.78, 5) is 0.651. The number of aromatic nitrogens is 2. The van der Waals surface area contributed by atoms with Gasteiger partial charge < -0.3 is 0 Å². The predicted octanol–water partition coefficient (Wildman–Crippen LogP) is 3.43. The van der Waals surface area contributed by atoms with Crippen LogP contribution in [-0.4, -0.2) is 20.2 Å². The topological polar surface area (TPSA) is 58.7 Å². The fourth-order valence-electron chi connectivity index (χ4n) is 2.30. The van der Waals surface area contributed by atoms with Gasteiger partial charge in [0.15, 0.2) is 11.5 Å². The molecule has 1 unspecified atom stereocenters. The van der Waals surface area contributed by atoms with E-state index >= 15 is 0 Å². The average Bonchev–Trinajstić information content (AvgIpc) is 2.99. The Morgan fingerprint density at radius 1 is 1.12 bits per heavy atom. The molecule has 0 saturated heterocycles. The third kappa shape index (κ3) is 2.96. The molecule has 3 rings (SSSR count). The van der Waals surface area contributed by atoms with Gasteiger partial charge in [0, 0.05) is 39.6 Å². The van der Waals surface area contributed by atoms with Gasteiger partial charge in [0.05, 0.1) is 5.69 Å². The van der Waals surface area contributed by atoms with Crippen LogP contribution in [0.25, 0.3) is 16.9 Å². The fraction of sp³-hybridized carbons (Fsp3) is 0.0588. The highest BCUT2D eigenvalue weighted by atomic mass is 32.2. The Hall–Kier alpha value is -2.85. The maximum atomic E-state index is 14.1. The smallest absolute Gasteiger partial charge is 0.163 e. The van der Waals surface area contributed by atoms with Gasteiger partial charge in [-0.1, -0.05) is 12.1 Å². The fourth-order valence-corrected chi connectivity index (χ4v) is 2.81. The van der Waals surface area contributed by atoms with Crippen LogP contribution in [0.5, 0.6) is 0 Å². The van der Waals surface area contributed by atoms with E-state index in [2.05, 4.69) is 5.10 Å². The van der Waals surface area contributed by atoms with Gasteiger partial charge in [0.2, 0.25) is 0 Å². The van der Waals surface area contributed by atoms with Crippen LogP contribution in [0.2, 0.25) is 0 Å².